The first kappa shape index (κ1) is 25.2. The maximum atomic E-state index is 13.9. The highest BCUT2D eigenvalue weighted by atomic mass is 19.1. The first-order chi connectivity index (χ1) is 18.1. The summed E-state index contributed by atoms with van der Waals surface area (Å²) in [6, 6.07) is 8.10. The van der Waals surface area contributed by atoms with E-state index in [0.29, 0.717) is 34.7 Å². The Labute approximate surface area is 218 Å². The molecule has 2 aliphatic rings. The number of imidazole rings is 1. The minimum atomic E-state index is -0.195. The smallest absolute Gasteiger partial charge is 0.152 e. The maximum Gasteiger partial charge on any atom is 0.152 e. The first-order valence-electron chi connectivity index (χ1n) is 13.3. The molecule has 194 valence electrons. The summed E-state index contributed by atoms with van der Waals surface area (Å²) < 4.78 is 16.2. The number of hydrogen-bond donors (Lipinski definition) is 2. The van der Waals surface area contributed by atoms with Gasteiger partial charge >= 0.3 is 0 Å². The number of benzene rings is 1. The Morgan fingerprint density at radius 1 is 1.14 bits per heavy atom. The lowest BCUT2D eigenvalue weighted by Gasteiger charge is -2.33. The number of piperidine rings is 1. The number of hydrogen-bond acceptors (Lipinski definition) is 7. The van der Waals surface area contributed by atoms with E-state index in [9.17, 15) is 9.65 Å². The van der Waals surface area contributed by atoms with Crippen LogP contribution in [0.15, 0.2) is 30.7 Å². The van der Waals surface area contributed by atoms with E-state index in [2.05, 4.69) is 42.3 Å². The van der Waals surface area contributed by atoms with Gasteiger partial charge in [-0.1, -0.05) is 12.8 Å². The van der Waals surface area contributed by atoms with Crippen molar-refractivity contribution in [2.24, 2.45) is 0 Å². The summed E-state index contributed by atoms with van der Waals surface area (Å²) in [7, 11) is 1.76. The molecule has 2 N–H and O–H groups in total. The van der Waals surface area contributed by atoms with Gasteiger partial charge in [0.25, 0.3) is 0 Å². The van der Waals surface area contributed by atoms with Gasteiger partial charge < -0.3 is 20.1 Å². The van der Waals surface area contributed by atoms with Crippen molar-refractivity contribution in [1.29, 1.82) is 5.26 Å². The van der Waals surface area contributed by atoms with Crippen LogP contribution in [0.4, 0.5) is 16.0 Å². The maximum absolute atomic E-state index is 13.9. The van der Waals surface area contributed by atoms with E-state index >= 15 is 0 Å². The number of aromatic nitrogens is 4. The van der Waals surface area contributed by atoms with E-state index in [1.807, 2.05) is 12.1 Å². The average molecular weight is 503 g/mol. The molecule has 0 radical (unpaired) electrons. The Morgan fingerprint density at radius 2 is 1.92 bits per heavy atom. The lowest BCUT2D eigenvalue weighted by molar-refractivity contribution is 0.446. The van der Waals surface area contributed by atoms with Gasteiger partial charge in [0.05, 0.1) is 5.69 Å². The molecule has 8 nitrogen and oxygen atoms in total. The summed E-state index contributed by atoms with van der Waals surface area (Å²) in [6.45, 7) is 5.14. The lowest BCUT2D eigenvalue weighted by atomic mass is 9.95. The molecule has 3 aromatic rings. The predicted molar refractivity (Wildman–Crippen MR) is 143 cm³/mol. The van der Waals surface area contributed by atoms with Crippen LogP contribution in [0.5, 0.6) is 0 Å². The van der Waals surface area contributed by atoms with Crippen LogP contribution in [-0.2, 0) is 6.54 Å². The highest BCUT2D eigenvalue weighted by Crippen LogP contribution is 2.33. The summed E-state index contributed by atoms with van der Waals surface area (Å²) in [5, 5.41) is 16.4. The minimum absolute atomic E-state index is 0.195. The highest BCUT2D eigenvalue weighted by molar-refractivity contribution is 5.65. The van der Waals surface area contributed by atoms with Crippen LogP contribution >= 0.6 is 0 Å². The third-order valence-corrected chi connectivity index (χ3v) is 7.74. The zero-order chi connectivity index (χ0) is 25.8. The van der Waals surface area contributed by atoms with Crippen LogP contribution in [0.25, 0.3) is 11.3 Å². The molecular weight excluding hydrogens is 467 g/mol. The monoisotopic (exact) mass is 502 g/mol. The second-order valence-corrected chi connectivity index (χ2v) is 10.1. The molecule has 0 atom stereocenters. The third kappa shape index (κ3) is 5.44. The van der Waals surface area contributed by atoms with Crippen LogP contribution < -0.4 is 15.5 Å². The molecule has 1 aliphatic heterocycles. The van der Waals surface area contributed by atoms with Crippen molar-refractivity contribution >= 4 is 11.6 Å². The van der Waals surface area contributed by atoms with Crippen molar-refractivity contribution in [3.8, 4) is 17.3 Å². The summed E-state index contributed by atoms with van der Waals surface area (Å²) in [5.41, 5.74) is 2.95. The molecule has 5 rings (SSSR count). The normalized spacial score (nSPS) is 16.8. The van der Waals surface area contributed by atoms with Gasteiger partial charge in [0.2, 0.25) is 0 Å². The lowest BCUT2D eigenvalue weighted by Crippen LogP contribution is -2.35. The van der Waals surface area contributed by atoms with Crippen LogP contribution in [0, 0.1) is 24.1 Å². The molecule has 1 aromatic carbocycles. The quantitative estimate of drug-likeness (QED) is 0.464. The number of aryl methyl sites for hydroxylation is 1. The Kier molecular flexibility index (Phi) is 7.65. The Morgan fingerprint density at radius 3 is 2.62 bits per heavy atom. The van der Waals surface area contributed by atoms with Gasteiger partial charge in [-0.25, -0.2) is 19.3 Å². The largest absolute Gasteiger partial charge is 0.372 e. The van der Waals surface area contributed by atoms with Crippen molar-refractivity contribution in [3.05, 3.63) is 53.5 Å². The highest BCUT2D eigenvalue weighted by Gasteiger charge is 2.28. The molecule has 2 aromatic heterocycles. The van der Waals surface area contributed by atoms with Gasteiger partial charge in [-0.15, -0.1) is 0 Å². The van der Waals surface area contributed by atoms with Gasteiger partial charge in [-0.3, -0.25) is 0 Å². The number of nitriles is 1. The molecule has 0 spiro atoms. The van der Waals surface area contributed by atoms with Gasteiger partial charge in [0, 0.05) is 56.9 Å². The summed E-state index contributed by atoms with van der Waals surface area (Å²) >= 11 is 0. The topological polar surface area (TPSA) is 94.7 Å². The Hall–Kier alpha value is -3.51. The third-order valence-electron chi connectivity index (χ3n) is 7.74. The average Bonchev–Trinajstić information content (AvgIpc) is 3.60. The van der Waals surface area contributed by atoms with Crippen molar-refractivity contribution < 1.29 is 4.39 Å². The first-order valence-corrected chi connectivity index (χ1v) is 13.3. The van der Waals surface area contributed by atoms with E-state index in [0.717, 1.165) is 56.1 Å². The zero-order valence-corrected chi connectivity index (χ0v) is 21.7. The SMILES string of the molecule is CNc1ncnc(N2CCC(c3nc(-c4ccc(F)c(C)c4)cn3CCNC3CCCC3)CC2)c1C#N. The van der Waals surface area contributed by atoms with Crippen molar-refractivity contribution in [1.82, 2.24) is 24.8 Å². The van der Waals surface area contributed by atoms with Crippen LogP contribution in [0.2, 0.25) is 0 Å². The van der Waals surface area contributed by atoms with Crippen LogP contribution in [0.1, 0.15) is 61.4 Å². The van der Waals surface area contributed by atoms with Gasteiger partial charge in [-0.2, -0.15) is 5.26 Å². The van der Waals surface area contributed by atoms with Crippen LogP contribution in [-0.4, -0.2) is 52.2 Å². The van der Waals surface area contributed by atoms with Gasteiger partial charge in [0.1, 0.15) is 35.4 Å². The summed E-state index contributed by atoms with van der Waals surface area (Å²) in [5.74, 6) is 2.43. The summed E-state index contributed by atoms with van der Waals surface area (Å²) in [4.78, 5) is 15.9. The standard InChI is InChI=1S/C28H35FN8/c1-19-15-21(7-8-24(19)29)25-17-37(14-11-32-22-5-3-4-6-22)27(35-25)20-9-12-36(13-10-20)28-23(16-30)26(31-2)33-18-34-28/h7-8,15,17-18,20,22,32H,3-6,9-14H2,1-2H3,(H,31,33,34). The molecular formula is C28H35FN8. The number of nitrogens with one attached hydrogen (secondary N) is 2. The second kappa shape index (κ2) is 11.3. The fourth-order valence-corrected chi connectivity index (χ4v) is 5.66. The number of nitrogens with zero attached hydrogens (tertiary/aromatic N) is 6. The van der Waals surface area contributed by atoms with Crippen molar-refractivity contribution in [2.75, 3.05) is 36.9 Å². The van der Waals surface area contributed by atoms with E-state index < -0.39 is 0 Å². The van der Waals surface area contributed by atoms with E-state index in [1.54, 1.807) is 14.0 Å². The molecule has 1 aliphatic carbocycles. The fourth-order valence-electron chi connectivity index (χ4n) is 5.66. The molecule has 0 amide bonds. The van der Waals surface area contributed by atoms with E-state index in [1.165, 1.54) is 38.1 Å². The molecule has 37 heavy (non-hydrogen) atoms. The van der Waals surface area contributed by atoms with E-state index in [-0.39, 0.29) is 5.82 Å². The molecule has 0 unspecified atom stereocenters. The Balaban J connectivity index is 1.35. The molecule has 1 saturated carbocycles. The molecule has 2 fully saturated rings. The second-order valence-electron chi connectivity index (χ2n) is 10.1. The van der Waals surface area contributed by atoms with Crippen molar-refractivity contribution in [3.63, 3.8) is 0 Å². The van der Waals surface area contributed by atoms with Gasteiger partial charge in [-0.05, 0) is 56.4 Å². The molecule has 3 heterocycles. The summed E-state index contributed by atoms with van der Waals surface area (Å²) in [6.07, 6.45) is 10.6. The van der Waals surface area contributed by atoms with Crippen LogP contribution in [0.3, 0.4) is 0 Å². The van der Waals surface area contributed by atoms with Crippen molar-refractivity contribution in [2.45, 2.75) is 64.0 Å². The minimum Gasteiger partial charge on any atom is -0.372 e. The molecule has 1 saturated heterocycles. The van der Waals surface area contributed by atoms with E-state index in [4.69, 9.17) is 4.98 Å². The Bertz CT molecular complexity index is 1270. The van der Waals surface area contributed by atoms with Gasteiger partial charge in [0.15, 0.2) is 5.82 Å². The number of rotatable bonds is 8. The number of halogens is 1. The molecule has 9 heteroatoms. The number of anilines is 2. The zero-order valence-electron chi connectivity index (χ0n) is 21.7. The fraction of sp³-hybridized carbons (Fsp3) is 0.500. The predicted octanol–water partition coefficient (Wildman–Crippen LogP) is 4.62. The molecule has 0 bridgehead atoms.